The van der Waals surface area contributed by atoms with Gasteiger partial charge in [-0.05, 0) is 18.1 Å². The van der Waals surface area contributed by atoms with Gasteiger partial charge in [-0.15, -0.1) is 0 Å². The second-order valence-corrected chi connectivity index (χ2v) is 5.68. The molecule has 4 nitrogen and oxygen atoms in total. The molecule has 1 aliphatic heterocycles. The van der Waals surface area contributed by atoms with Crippen molar-refractivity contribution < 1.29 is 15.0 Å². The molecule has 19 heavy (non-hydrogen) atoms. The Labute approximate surface area is 113 Å². The van der Waals surface area contributed by atoms with Gasteiger partial charge >= 0.3 is 0 Å². The van der Waals surface area contributed by atoms with E-state index < -0.39 is 5.60 Å². The van der Waals surface area contributed by atoms with Gasteiger partial charge in [0, 0.05) is 19.0 Å². The summed E-state index contributed by atoms with van der Waals surface area (Å²) in [6.07, 6.45) is 0.342. The highest BCUT2D eigenvalue weighted by Gasteiger charge is 2.40. The number of aliphatic hydroxyl groups is 2. The summed E-state index contributed by atoms with van der Waals surface area (Å²) in [6, 6.07) is 7.37. The number of carbonyl (C=O) groups is 1. The molecule has 0 bridgehead atoms. The maximum Gasteiger partial charge on any atom is 0.227 e. The van der Waals surface area contributed by atoms with E-state index in [1.165, 1.54) is 0 Å². The fourth-order valence-corrected chi connectivity index (χ4v) is 2.37. The summed E-state index contributed by atoms with van der Waals surface area (Å²) in [7, 11) is 0. The van der Waals surface area contributed by atoms with Crippen LogP contribution >= 0.6 is 0 Å². The molecule has 2 N–H and O–H groups in total. The lowest BCUT2D eigenvalue weighted by atomic mass is 9.95. The Morgan fingerprint density at radius 1 is 1.37 bits per heavy atom. The fourth-order valence-electron chi connectivity index (χ4n) is 2.37. The molecule has 4 heteroatoms. The molecule has 1 aromatic carbocycles. The smallest absolute Gasteiger partial charge is 0.227 e. The number of β-amino-alcohol motifs (C(OH)–C–C–N with tert-alkyl or cyclic N) is 1. The van der Waals surface area contributed by atoms with Crippen molar-refractivity contribution in [3.8, 4) is 0 Å². The van der Waals surface area contributed by atoms with Gasteiger partial charge in [0.2, 0.25) is 5.91 Å². The van der Waals surface area contributed by atoms with E-state index >= 15 is 0 Å². The lowest BCUT2D eigenvalue weighted by Gasteiger charge is -2.20. The third-order valence-corrected chi connectivity index (χ3v) is 3.98. The first-order valence-corrected chi connectivity index (χ1v) is 6.61. The van der Waals surface area contributed by atoms with Crippen molar-refractivity contribution >= 4 is 5.91 Å². The number of hydrogen-bond donors (Lipinski definition) is 2. The van der Waals surface area contributed by atoms with Crippen molar-refractivity contribution in [2.45, 2.75) is 32.5 Å². The standard InChI is InChI=1S/C15H21NO3/c1-11-8-16(10-15(11,2)19)14(18)7-12-3-5-13(9-17)6-4-12/h3-6,11,17,19H,7-10H2,1-2H3. The van der Waals surface area contributed by atoms with Crippen LogP contribution in [0.2, 0.25) is 0 Å². The molecule has 1 fully saturated rings. The van der Waals surface area contributed by atoms with Gasteiger partial charge in [-0.1, -0.05) is 31.2 Å². The predicted molar refractivity (Wildman–Crippen MR) is 72.4 cm³/mol. The molecular formula is C15H21NO3. The van der Waals surface area contributed by atoms with Crippen LogP contribution in [0.5, 0.6) is 0 Å². The van der Waals surface area contributed by atoms with Gasteiger partial charge in [0.1, 0.15) is 0 Å². The zero-order valence-corrected chi connectivity index (χ0v) is 11.5. The normalized spacial score (nSPS) is 26.7. The average molecular weight is 263 g/mol. The van der Waals surface area contributed by atoms with E-state index in [4.69, 9.17) is 5.11 Å². The van der Waals surface area contributed by atoms with E-state index in [-0.39, 0.29) is 18.4 Å². The van der Waals surface area contributed by atoms with Gasteiger partial charge in [-0.25, -0.2) is 0 Å². The Hall–Kier alpha value is -1.39. The maximum atomic E-state index is 12.2. The van der Waals surface area contributed by atoms with Crippen molar-refractivity contribution in [3.63, 3.8) is 0 Å². The Morgan fingerprint density at radius 2 is 1.95 bits per heavy atom. The number of benzene rings is 1. The molecule has 0 spiro atoms. The molecule has 1 saturated heterocycles. The van der Waals surface area contributed by atoms with Gasteiger partial charge in [-0.3, -0.25) is 4.79 Å². The Balaban J connectivity index is 1.98. The van der Waals surface area contributed by atoms with Crippen LogP contribution < -0.4 is 0 Å². The van der Waals surface area contributed by atoms with Gasteiger partial charge in [0.05, 0.1) is 18.6 Å². The number of amides is 1. The largest absolute Gasteiger partial charge is 0.392 e. The van der Waals surface area contributed by atoms with E-state index in [2.05, 4.69) is 0 Å². The lowest BCUT2D eigenvalue weighted by Crippen LogP contribution is -2.35. The molecule has 2 atom stereocenters. The molecule has 0 saturated carbocycles. The first kappa shape index (κ1) is 14.0. The van der Waals surface area contributed by atoms with Crippen LogP contribution in [0.4, 0.5) is 0 Å². The molecule has 2 unspecified atom stereocenters. The molecule has 0 aromatic heterocycles. The summed E-state index contributed by atoms with van der Waals surface area (Å²) >= 11 is 0. The van der Waals surface area contributed by atoms with E-state index in [0.29, 0.717) is 19.5 Å². The quantitative estimate of drug-likeness (QED) is 0.853. The zero-order valence-electron chi connectivity index (χ0n) is 11.5. The lowest BCUT2D eigenvalue weighted by molar-refractivity contribution is -0.130. The second-order valence-electron chi connectivity index (χ2n) is 5.68. The maximum absolute atomic E-state index is 12.2. The van der Waals surface area contributed by atoms with Crippen molar-refractivity contribution in [1.29, 1.82) is 0 Å². The Kier molecular flexibility index (Phi) is 3.92. The molecule has 104 valence electrons. The van der Waals surface area contributed by atoms with Crippen molar-refractivity contribution in [2.24, 2.45) is 5.92 Å². The summed E-state index contributed by atoms with van der Waals surface area (Å²) < 4.78 is 0. The first-order valence-electron chi connectivity index (χ1n) is 6.61. The number of aliphatic hydroxyl groups excluding tert-OH is 1. The third kappa shape index (κ3) is 3.14. The van der Waals surface area contributed by atoms with Crippen molar-refractivity contribution in [2.75, 3.05) is 13.1 Å². The minimum Gasteiger partial charge on any atom is -0.392 e. The summed E-state index contributed by atoms with van der Waals surface area (Å²) in [5.41, 5.74) is 0.992. The third-order valence-electron chi connectivity index (χ3n) is 3.98. The highest BCUT2D eigenvalue weighted by molar-refractivity contribution is 5.79. The summed E-state index contributed by atoms with van der Waals surface area (Å²) in [4.78, 5) is 13.9. The van der Waals surface area contributed by atoms with Gasteiger partial charge in [0.25, 0.3) is 0 Å². The van der Waals surface area contributed by atoms with Crippen molar-refractivity contribution in [3.05, 3.63) is 35.4 Å². The van der Waals surface area contributed by atoms with Gasteiger partial charge < -0.3 is 15.1 Å². The minimum atomic E-state index is -0.781. The van der Waals surface area contributed by atoms with E-state index in [1.807, 2.05) is 31.2 Å². The van der Waals surface area contributed by atoms with Gasteiger partial charge in [-0.2, -0.15) is 0 Å². The Morgan fingerprint density at radius 3 is 2.42 bits per heavy atom. The summed E-state index contributed by atoms with van der Waals surface area (Å²) in [5.74, 6) is 0.148. The zero-order chi connectivity index (χ0) is 14.0. The molecule has 2 rings (SSSR count). The number of rotatable bonds is 3. The van der Waals surface area contributed by atoms with Crippen LogP contribution in [0.1, 0.15) is 25.0 Å². The number of hydrogen-bond acceptors (Lipinski definition) is 3. The van der Waals surface area contributed by atoms with Crippen LogP contribution in [0, 0.1) is 5.92 Å². The van der Waals surface area contributed by atoms with Crippen LogP contribution in [0.25, 0.3) is 0 Å². The monoisotopic (exact) mass is 263 g/mol. The highest BCUT2D eigenvalue weighted by Crippen LogP contribution is 2.27. The topological polar surface area (TPSA) is 60.8 Å². The van der Waals surface area contributed by atoms with E-state index in [9.17, 15) is 9.90 Å². The summed E-state index contributed by atoms with van der Waals surface area (Å²) in [5, 5.41) is 19.1. The average Bonchev–Trinajstić information content (AvgIpc) is 2.65. The van der Waals surface area contributed by atoms with Gasteiger partial charge in [0.15, 0.2) is 0 Å². The molecule has 1 amide bonds. The number of nitrogens with zero attached hydrogens (tertiary/aromatic N) is 1. The second kappa shape index (κ2) is 5.31. The minimum absolute atomic E-state index is 0.0146. The molecule has 0 radical (unpaired) electrons. The van der Waals surface area contributed by atoms with Crippen LogP contribution in [0.3, 0.4) is 0 Å². The highest BCUT2D eigenvalue weighted by atomic mass is 16.3. The fraction of sp³-hybridized carbons (Fsp3) is 0.533. The summed E-state index contributed by atoms with van der Waals surface area (Å²) in [6.45, 7) is 4.77. The molecule has 0 aliphatic carbocycles. The van der Waals surface area contributed by atoms with Crippen LogP contribution in [0.15, 0.2) is 24.3 Å². The van der Waals surface area contributed by atoms with Crippen molar-refractivity contribution in [1.82, 2.24) is 4.90 Å². The molecule has 1 aliphatic rings. The number of likely N-dealkylation sites (tertiary alicyclic amines) is 1. The molecular weight excluding hydrogens is 242 g/mol. The number of carbonyl (C=O) groups excluding carboxylic acids is 1. The molecule has 1 aromatic rings. The van der Waals surface area contributed by atoms with E-state index in [1.54, 1.807) is 11.8 Å². The molecule has 1 heterocycles. The Bertz CT molecular complexity index is 453. The van der Waals surface area contributed by atoms with E-state index in [0.717, 1.165) is 11.1 Å². The SMILES string of the molecule is CC1CN(C(=O)Cc2ccc(CO)cc2)CC1(C)O. The van der Waals surface area contributed by atoms with Crippen LogP contribution in [-0.2, 0) is 17.8 Å². The first-order chi connectivity index (χ1) is 8.92. The van der Waals surface area contributed by atoms with Crippen LogP contribution in [-0.4, -0.2) is 39.7 Å². The predicted octanol–water partition coefficient (Wildman–Crippen LogP) is 0.951.